The number of thiophene rings is 2. The van der Waals surface area contributed by atoms with Crippen LogP contribution in [0.1, 0.15) is 30.7 Å². The second-order valence-electron chi connectivity index (χ2n) is 4.28. The molecule has 2 aromatic rings. The van der Waals surface area contributed by atoms with Crippen LogP contribution in [0.4, 0.5) is 0 Å². The van der Waals surface area contributed by atoms with Gasteiger partial charge in [0.2, 0.25) is 0 Å². The molecular formula is C12H17NO2S3. The smallest absolute Gasteiger partial charge is 0.150 e. The van der Waals surface area contributed by atoms with Crippen molar-refractivity contribution in [1.82, 2.24) is 0 Å². The van der Waals surface area contributed by atoms with Crippen molar-refractivity contribution in [2.24, 2.45) is 5.73 Å². The topological polar surface area (TPSA) is 60.2 Å². The minimum atomic E-state index is -2.86. The molecule has 1 atom stereocenters. The van der Waals surface area contributed by atoms with Crippen LogP contribution in [-0.4, -0.2) is 19.9 Å². The monoisotopic (exact) mass is 303 g/mol. The lowest BCUT2D eigenvalue weighted by molar-refractivity contribution is 0.585. The molecule has 0 spiro atoms. The van der Waals surface area contributed by atoms with Crippen LogP contribution in [-0.2, 0) is 9.84 Å². The number of hydrogen-bond donors (Lipinski definition) is 1. The molecule has 100 valence electrons. The Morgan fingerprint density at radius 3 is 2.83 bits per heavy atom. The van der Waals surface area contributed by atoms with Gasteiger partial charge in [0.05, 0.1) is 5.75 Å². The van der Waals surface area contributed by atoms with E-state index in [1.807, 2.05) is 0 Å². The fourth-order valence-electron chi connectivity index (χ4n) is 1.78. The molecule has 0 fully saturated rings. The molecule has 6 heteroatoms. The maximum atomic E-state index is 11.4. The van der Waals surface area contributed by atoms with Crippen LogP contribution in [0.15, 0.2) is 17.5 Å². The first-order valence-corrected chi connectivity index (χ1v) is 9.46. The zero-order valence-electron chi connectivity index (χ0n) is 10.3. The highest BCUT2D eigenvalue weighted by atomic mass is 32.2. The zero-order valence-corrected chi connectivity index (χ0v) is 12.7. The van der Waals surface area contributed by atoms with Gasteiger partial charge in [0.1, 0.15) is 9.84 Å². The van der Waals surface area contributed by atoms with Crippen molar-refractivity contribution in [2.75, 3.05) is 11.5 Å². The van der Waals surface area contributed by atoms with Crippen LogP contribution in [0.3, 0.4) is 0 Å². The van der Waals surface area contributed by atoms with Gasteiger partial charge in [0, 0.05) is 26.1 Å². The first-order valence-electron chi connectivity index (χ1n) is 5.95. The van der Waals surface area contributed by atoms with E-state index in [2.05, 4.69) is 17.5 Å². The number of rotatable bonds is 6. The molecule has 0 radical (unpaired) electrons. The van der Waals surface area contributed by atoms with Gasteiger partial charge in [-0.3, -0.25) is 0 Å². The van der Waals surface area contributed by atoms with Gasteiger partial charge in [0.25, 0.3) is 0 Å². The minimum Gasteiger partial charge on any atom is -0.323 e. The Bertz CT molecular complexity index is 584. The van der Waals surface area contributed by atoms with Gasteiger partial charge in [-0.1, -0.05) is 6.92 Å². The van der Waals surface area contributed by atoms with Crippen molar-refractivity contribution < 1.29 is 8.42 Å². The molecule has 0 saturated heterocycles. The summed E-state index contributed by atoms with van der Waals surface area (Å²) in [4.78, 5) is 1.16. The molecule has 18 heavy (non-hydrogen) atoms. The van der Waals surface area contributed by atoms with Crippen LogP contribution in [0, 0.1) is 0 Å². The van der Waals surface area contributed by atoms with Crippen LogP contribution in [0.25, 0.3) is 9.40 Å². The molecule has 1 unspecified atom stereocenters. The lowest BCUT2D eigenvalue weighted by atomic mass is 10.1. The number of sulfone groups is 1. The molecule has 2 N–H and O–H groups in total. The van der Waals surface area contributed by atoms with E-state index in [1.165, 1.54) is 9.40 Å². The Morgan fingerprint density at radius 1 is 1.39 bits per heavy atom. The molecule has 2 heterocycles. The van der Waals surface area contributed by atoms with Crippen LogP contribution >= 0.6 is 22.7 Å². The van der Waals surface area contributed by atoms with Crippen LogP contribution in [0.5, 0.6) is 0 Å². The van der Waals surface area contributed by atoms with Gasteiger partial charge in [-0.15, -0.1) is 22.7 Å². The van der Waals surface area contributed by atoms with Crippen molar-refractivity contribution in [2.45, 2.75) is 25.8 Å². The SMILES string of the molecule is CCS(=O)(=O)CCCC(N)c1cc2sccc2s1. The maximum Gasteiger partial charge on any atom is 0.150 e. The average Bonchev–Trinajstić information content (AvgIpc) is 2.88. The van der Waals surface area contributed by atoms with Gasteiger partial charge in [-0.2, -0.15) is 0 Å². The molecule has 0 aromatic carbocycles. The van der Waals surface area contributed by atoms with Gasteiger partial charge in [-0.25, -0.2) is 8.42 Å². The standard InChI is InChI=1S/C12H17NO2S3/c1-2-18(14,15)7-3-4-9(13)11-8-12-10(17-11)5-6-16-12/h5-6,8-9H,2-4,7,13H2,1H3. The summed E-state index contributed by atoms with van der Waals surface area (Å²) in [5.74, 6) is 0.466. The Kier molecular flexibility index (Phi) is 4.42. The molecular weight excluding hydrogens is 286 g/mol. The van der Waals surface area contributed by atoms with Gasteiger partial charge >= 0.3 is 0 Å². The van der Waals surface area contributed by atoms with E-state index in [9.17, 15) is 8.42 Å². The van der Waals surface area contributed by atoms with E-state index in [4.69, 9.17) is 5.73 Å². The average molecular weight is 303 g/mol. The first-order chi connectivity index (χ1) is 8.52. The summed E-state index contributed by atoms with van der Waals surface area (Å²) >= 11 is 3.43. The van der Waals surface area contributed by atoms with E-state index in [-0.39, 0.29) is 17.5 Å². The molecule has 0 aliphatic rings. The Morgan fingerprint density at radius 2 is 2.17 bits per heavy atom. The van der Waals surface area contributed by atoms with E-state index in [0.717, 1.165) is 11.3 Å². The molecule has 3 nitrogen and oxygen atoms in total. The fraction of sp³-hybridized carbons (Fsp3) is 0.500. The third kappa shape index (κ3) is 3.32. The number of hydrogen-bond acceptors (Lipinski definition) is 5. The van der Waals surface area contributed by atoms with Crippen molar-refractivity contribution in [3.05, 3.63) is 22.4 Å². The molecule has 0 amide bonds. The van der Waals surface area contributed by atoms with Crippen LogP contribution < -0.4 is 5.73 Å². The van der Waals surface area contributed by atoms with E-state index >= 15 is 0 Å². The summed E-state index contributed by atoms with van der Waals surface area (Å²) in [5.41, 5.74) is 6.11. The molecule has 0 bridgehead atoms. The minimum absolute atomic E-state index is 0.0401. The summed E-state index contributed by atoms with van der Waals surface area (Å²) in [6, 6.07) is 4.19. The first kappa shape index (κ1) is 14.0. The third-order valence-electron chi connectivity index (χ3n) is 2.93. The Balaban J connectivity index is 1.92. The highest BCUT2D eigenvalue weighted by molar-refractivity contribution is 7.91. The maximum absolute atomic E-state index is 11.4. The predicted octanol–water partition coefficient (Wildman–Crippen LogP) is 3.18. The normalized spacial score (nSPS) is 14.1. The Labute approximate surface area is 116 Å². The predicted molar refractivity (Wildman–Crippen MR) is 80.2 cm³/mol. The summed E-state index contributed by atoms with van der Waals surface area (Å²) in [7, 11) is -2.86. The molecule has 0 aliphatic heterocycles. The summed E-state index contributed by atoms with van der Waals surface area (Å²) in [5, 5.41) is 2.07. The van der Waals surface area contributed by atoms with Gasteiger partial charge in [-0.05, 0) is 30.4 Å². The summed E-state index contributed by atoms with van der Waals surface area (Å²) in [6.07, 6.45) is 1.37. The van der Waals surface area contributed by atoms with Crippen LogP contribution in [0.2, 0.25) is 0 Å². The summed E-state index contributed by atoms with van der Waals surface area (Å²) < 4.78 is 25.3. The largest absolute Gasteiger partial charge is 0.323 e. The third-order valence-corrected chi connectivity index (χ3v) is 6.95. The zero-order chi connectivity index (χ0) is 13.2. The highest BCUT2D eigenvalue weighted by Crippen LogP contribution is 2.33. The van der Waals surface area contributed by atoms with E-state index < -0.39 is 9.84 Å². The lowest BCUT2D eigenvalue weighted by Gasteiger charge is -2.08. The van der Waals surface area contributed by atoms with Gasteiger partial charge < -0.3 is 5.73 Å². The lowest BCUT2D eigenvalue weighted by Crippen LogP contribution is -2.13. The Hall–Kier alpha value is -0.430. The molecule has 2 rings (SSSR count). The second-order valence-corrected chi connectivity index (χ2v) is 8.82. The second kappa shape index (κ2) is 5.69. The number of fused-ring (bicyclic) bond motifs is 1. The number of nitrogens with two attached hydrogens (primary N) is 1. The van der Waals surface area contributed by atoms with Crippen molar-refractivity contribution in [1.29, 1.82) is 0 Å². The quantitative estimate of drug-likeness (QED) is 0.891. The van der Waals surface area contributed by atoms with Crippen molar-refractivity contribution in [3.63, 3.8) is 0 Å². The molecule has 0 saturated carbocycles. The van der Waals surface area contributed by atoms with Crippen molar-refractivity contribution >= 4 is 41.9 Å². The van der Waals surface area contributed by atoms with E-state index in [0.29, 0.717) is 6.42 Å². The van der Waals surface area contributed by atoms with E-state index in [1.54, 1.807) is 29.6 Å². The fourth-order valence-corrected chi connectivity index (χ4v) is 4.83. The van der Waals surface area contributed by atoms with Crippen molar-refractivity contribution in [3.8, 4) is 0 Å². The summed E-state index contributed by atoms with van der Waals surface area (Å²) in [6.45, 7) is 1.68. The highest BCUT2D eigenvalue weighted by Gasteiger charge is 2.13. The molecule has 2 aromatic heterocycles. The van der Waals surface area contributed by atoms with Gasteiger partial charge in [0.15, 0.2) is 0 Å². The molecule has 0 aliphatic carbocycles.